The van der Waals surface area contributed by atoms with Crippen LogP contribution in [-0.4, -0.2) is 20.6 Å². The topological polar surface area (TPSA) is 92.2 Å². The number of fused-ring (bicyclic) bond motifs is 1. The number of aliphatic carboxylic acids is 1. The summed E-state index contributed by atoms with van der Waals surface area (Å²) in [5.41, 5.74) is -2.55. The molecule has 94 valence electrons. The summed E-state index contributed by atoms with van der Waals surface area (Å²) in [5, 5.41) is 9.39. The van der Waals surface area contributed by atoms with E-state index in [4.69, 9.17) is 5.11 Å². The van der Waals surface area contributed by atoms with Crippen LogP contribution in [0.1, 0.15) is 13.8 Å². The van der Waals surface area contributed by atoms with Gasteiger partial charge in [0, 0.05) is 0 Å². The van der Waals surface area contributed by atoms with Crippen LogP contribution in [0.4, 0.5) is 0 Å². The zero-order chi connectivity index (χ0) is 13.5. The Kier molecular flexibility index (Phi) is 2.58. The molecule has 0 aliphatic heterocycles. The maximum absolute atomic E-state index is 12.2. The van der Waals surface area contributed by atoms with E-state index in [1.807, 2.05) is 0 Å². The molecule has 0 saturated carbocycles. The van der Waals surface area contributed by atoms with Crippen molar-refractivity contribution in [3.05, 3.63) is 45.1 Å². The van der Waals surface area contributed by atoms with Crippen molar-refractivity contribution in [2.45, 2.75) is 19.4 Å². The molecule has 0 unspecified atom stereocenters. The number of carbonyl (C=O) groups is 1. The van der Waals surface area contributed by atoms with E-state index in [2.05, 4.69) is 4.98 Å². The standard InChI is InChI=1S/C12H12N2O4/c1-12(2,10(16)17)14-9(15)7-5-3-4-6-8(7)13-11(14)18/h3-6H,1-2H3,(H,13,18)(H,16,17). The summed E-state index contributed by atoms with van der Waals surface area (Å²) in [4.78, 5) is 37.7. The van der Waals surface area contributed by atoms with Crippen molar-refractivity contribution in [1.29, 1.82) is 0 Å². The van der Waals surface area contributed by atoms with Gasteiger partial charge in [-0.3, -0.25) is 4.79 Å². The second-order valence-electron chi connectivity index (χ2n) is 4.48. The maximum Gasteiger partial charge on any atom is 0.329 e. The largest absolute Gasteiger partial charge is 0.480 e. The van der Waals surface area contributed by atoms with Crippen molar-refractivity contribution in [3.63, 3.8) is 0 Å². The molecule has 0 atom stereocenters. The average Bonchev–Trinajstić information content (AvgIpc) is 2.28. The van der Waals surface area contributed by atoms with E-state index in [0.717, 1.165) is 4.57 Å². The van der Waals surface area contributed by atoms with Gasteiger partial charge in [0.25, 0.3) is 5.56 Å². The number of carboxylic acid groups (broad SMARTS) is 1. The van der Waals surface area contributed by atoms with Crippen LogP contribution in [0.2, 0.25) is 0 Å². The van der Waals surface area contributed by atoms with Gasteiger partial charge in [-0.25, -0.2) is 14.2 Å². The van der Waals surface area contributed by atoms with E-state index >= 15 is 0 Å². The second-order valence-corrected chi connectivity index (χ2v) is 4.48. The number of benzene rings is 1. The Morgan fingerprint density at radius 2 is 1.89 bits per heavy atom. The van der Waals surface area contributed by atoms with Gasteiger partial charge >= 0.3 is 11.7 Å². The van der Waals surface area contributed by atoms with Crippen LogP contribution in [0.25, 0.3) is 10.9 Å². The minimum Gasteiger partial charge on any atom is -0.480 e. The van der Waals surface area contributed by atoms with Crippen molar-refractivity contribution in [3.8, 4) is 0 Å². The molecule has 2 N–H and O–H groups in total. The predicted octanol–water partition coefficient (Wildman–Crippen LogP) is 0.509. The maximum atomic E-state index is 12.2. The van der Waals surface area contributed by atoms with Gasteiger partial charge in [-0.2, -0.15) is 0 Å². The van der Waals surface area contributed by atoms with Crippen LogP contribution in [0.5, 0.6) is 0 Å². The highest BCUT2D eigenvalue weighted by atomic mass is 16.4. The summed E-state index contributed by atoms with van der Waals surface area (Å²) in [6, 6.07) is 6.48. The first-order chi connectivity index (χ1) is 8.35. The molecular formula is C12H12N2O4. The van der Waals surface area contributed by atoms with Crippen LogP contribution < -0.4 is 11.2 Å². The molecule has 0 fully saturated rings. The number of carboxylic acids is 1. The van der Waals surface area contributed by atoms with Crippen LogP contribution in [-0.2, 0) is 10.3 Å². The number of H-pyrrole nitrogens is 1. The Morgan fingerprint density at radius 3 is 2.50 bits per heavy atom. The fraction of sp³-hybridized carbons (Fsp3) is 0.250. The molecule has 0 aliphatic carbocycles. The number of nitrogens with one attached hydrogen (secondary N) is 1. The lowest BCUT2D eigenvalue weighted by molar-refractivity contribution is -0.146. The van der Waals surface area contributed by atoms with Crippen LogP contribution in [0.3, 0.4) is 0 Å². The zero-order valence-corrected chi connectivity index (χ0v) is 9.93. The fourth-order valence-electron chi connectivity index (χ4n) is 1.77. The second kappa shape index (κ2) is 3.83. The van der Waals surface area contributed by atoms with Crippen molar-refractivity contribution < 1.29 is 9.90 Å². The lowest BCUT2D eigenvalue weighted by Crippen LogP contribution is -2.50. The third kappa shape index (κ3) is 1.62. The van der Waals surface area contributed by atoms with Crippen LogP contribution in [0.15, 0.2) is 33.9 Å². The molecule has 0 aliphatic rings. The Hall–Kier alpha value is -2.37. The number of rotatable bonds is 2. The van der Waals surface area contributed by atoms with Crippen molar-refractivity contribution in [2.24, 2.45) is 0 Å². The Morgan fingerprint density at radius 1 is 1.28 bits per heavy atom. The molecule has 0 radical (unpaired) electrons. The minimum atomic E-state index is -1.60. The van der Waals surface area contributed by atoms with E-state index in [0.29, 0.717) is 5.52 Å². The molecule has 1 heterocycles. The molecule has 0 bridgehead atoms. The molecule has 0 saturated heterocycles. The number of aromatic nitrogens is 2. The molecule has 6 heteroatoms. The van der Waals surface area contributed by atoms with Gasteiger partial charge in [-0.15, -0.1) is 0 Å². The molecule has 1 aromatic heterocycles. The summed E-state index contributed by atoms with van der Waals surface area (Å²) in [5.74, 6) is -1.25. The van der Waals surface area contributed by atoms with Crippen LogP contribution >= 0.6 is 0 Å². The molecule has 0 spiro atoms. The first-order valence-corrected chi connectivity index (χ1v) is 5.33. The fourth-order valence-corrected chi connectivity index (χ4v) is 1.77. The SMILES string of the molecule is CC(C)(C(=O)O)n1c(=O)[nH]c2ccccc2c1=O. The number of hydrogen-bond donors (Lipinski definition) is 2. The average molecular weight is 248 g/mol. The van der Waals surface area contributed by atoms with Crippen molar-refractivity contribution in [1.82, 2.24) is 9.55 Å². The molecule has 0 amide bonds. The Bertz CT molecular complexity index is 740. The van der Waals surface area contributed by atoms with Gasteiger partial charge in [0.1, 0.15) is 5.54 Å². The third-order valence-corrected chi connectivity index (χ3v) is 2.89. The van der Waals surface area contributed by atoms with E-state index in [1.54, 1.807) is 24.3 Å². The quantitative estimate of drug-likeness (QED) is 0.809. The highest BCUT2D eigenvalue weighted by Gasteiger charge is 2.32. The molecular weight excluding hydrogens is 236 g/mol. The molecule has 2 aromatic rings. The minimum absolute atomic E-state index is 0.284. The smallest absolute Gasteiger partial charge is 0.329 e. The zero-order valence-electron chi connectivity index (χ0n) is 9.93. The monoisotopic (exact) mass is 248 g/mol. The molecule has 2 rings (SSSR count). The van der Waals surface area contributed by atoms with Gasteiger partial charge in [-0.05, 0) is 26.0 Å². The number of nitrogens with zero attached hydrogens (tertiary/aromatic N) is 1. The highest BCUT2D eigenvalue weighted by molar-refractivity contribution is 5.79. The molecule has 18 heavy (non-hydrogen) atoms. The summed E-state index contributed by atoms with van der Waals surface area (Å²) >= 11 is 0. The molecule has 6 nitrogen and oxygen atoms in total. The van der Waals surface area contributed by atoms with E-state index in [1.165, 1.54) is 13.8 Å². The van der Waals surface area contributed by atoms with Gasteiger partial charge < -0.3 is 10.1 Å². The first-order valence-electron chi connectivity index (χ1n) is 5.33. The summed E-state index contributed by atoms with van der Waals surface area (Å²) in [6.07, 6.45) is 0. The van der Waals surface area contributed by atoms with E-state index < -0.39 is 22.8 Å². The van der Waals surface area contributed by atoms with Crippen molar-refractivity contribution >= 4 is 16.9 Å². The first kappa shape index (κ1) is 12.1. The van der Waals surface area contributed by atoms with Crippen LogP contribution in [0, 0.1) is 0 Å². The normalized spacial score (nSPS) is 11.7. The third-order valence-electron chi connectivity index (χ3n) is 2.89. The molecule has 1 aromatic carbocycles. The highest BCUT2D eigenvalue weighted by Crippen LogP contribution is 2.12. The van der Waals surface area contributed by atoms with Gasteiger partial charge in [-0.1, -0.05) is 12.1 Å². The summed E-state index contributed by atoms with van der Waals surface area (Å²) in [6.45, 7) is 2.61. The van der Waals surface area contributed by atoms with E-state index in [9.17, 15) is 14.4 Å². The van der Waals surface area contributed by atoms with Gasteiger partial charge in [0.15, 0.2) is 0 Å². The number of aromatic amines is 1. The Balaban J connectivity index is 2.94. The lowest BCUT2D eigenvalue weighted by atomic mass is 10.1. The van der Waals surface area contributed by atoms with E-state index in [-0.39, 0.29) is 5.39 Å². The lowest BCUT2D eigenvalue weighted by Gasteiger charge is -2.21. The Labute approximate surface area is 102 Å². The van der Waals surface area contributed by atoms with Gasteiger partial charge in [0.05, 0.1) is 10.9 Å². The summed E-state index contributed by atoms with van der Waals surface area (Å²) < 4.78 is 0.720. The summed E-state index contributed by atoms with van der Waals surface area (Å²) in [7, 11) is 0. The van der Waals surface area contributed by atoms with Gasteiger partial charge in [0.2, 0.25) is 0 Å². The predicted molar refractivity (Wildman–Crippen MR) is 65.8 cm³/mol. The number of para-hydroxylation sites is 1. The number of hydrogen-bond acceptors (Lipinski definition) is 3. The van der Waals surface area contributed by atoms with Crippen molar-refractivity contribution in [2.75, 3.05) is 0 Å².